The molecule has 0 unspecified atom stereocenters. The minimum atomic E-state index is -0.371. The molecule has 4 heteroatoms. The standard InChI is InChI=1S/C15H10ClFO2/c16-13-3-1-2-12(15(13)19)14(18)9-6-10-4-7-11(17)8-5-10/h1-9,19H. The molecule has 0 aliphatic carbocycles. The summed E-state index contributed by atoms with van der Waals surface area (Å²) in [7, 11) is 0. The van der Waals surface area contributed by atoms with Crippen molar-refractivity contribution >= 4 is 23.5 Å². The van der Waals surface area contributed by atoms with E-state index in [0.717, 1.165) is 0 Å². The van der Waals surface area contributed by atoms with Crippen molar-refractivity contribution in [3.8, 4) is 5.75 Å². The highest BCUT2D eigenvalue weighted by Gasteiger charge is 2.10. The first-order chi connectivity index (χ1) is 9.08. The number of phenolic OH excluding ortho intramolecular Hbond substituents is 1. The van der Waals surface area contributed by atoms with Crippen molar-refractivity contribution in [2.45, 2.75) is 0 Å². The third-order valence-electron chi connectivity index (χ3n) is 2.55. The predicted molar refractivity (Wildman–Crippen MR) is 72.9 cm³/mol. The van der Waals surface area contributed by atoms with Crippen molar-refractivity contribution in [1.82, 2.24) is 0 Å². The number of para-hydroxylation sites is 1. The van der Waals surface area contributed by atoms with Crippen LogP contribution < -0.4 is 0 Å². The fraction of sp³-hybridized carbons (Fsp3) is 0. The van der Waals surface area contributed by atoms with Gasteiger partial charge in [0.2, 0.25) is 0 Å². The third kappa shape index (κ3) is 3.20. The van der Waals surface area contributed by atoms with E-state index in [1.54, 1.807) is 24.3 Å². The van der Waals surface area contributed by atoms with Crippen molar-refractivity contribution in [3.05, 3.63) is 70.5 Å². The van der Waals surface area contributed by atoms with Crippen LogP contribution in [-0.4, -0.2) is 10.9 Å². The summed E-state index contributed by atoms with van der Waals surface area (Å²) >= 11 is 5.72. The van der Waals surface area contributed by atoms with E-state index >= 15 is 0 Å². The number of hydrogen-bond acceptors (Lipinski definition) is 2. The maximum atomic E-state index is 12.7. The summed E-state index contributed by atoms with van der Waals surface area (Å²) in [5.41, 5.74) is 0.821. The van der Waals surface area contributed by atoms with Crippen LogP contribution in [-0.2, 0) is 0 Å². The Balaban J connectivity index is 2.21. The first-order valence-electron chi connectivity index (χ1n) is 5.53. The van der Waals surface area contributed by atoms with Gasteiger partial charge in [0.15, 0.2) is 5.78 Å². The summed E-state index contributed by atoms with van der Waals surface area (Å²) in [6, 6.07) is 10.3. The van der Waals surface area contributed by atoms with Gasteiger partial charge < -0.3 is 5.11 Å². The molecule has 19 heavy (non-hydrogen) atoms. The highest BCUT2D eigenvalue weighted by Crippen LogP contribution is 2.27. The van der Waals surface area contributed by atoms with E-state index in [9.17, 15) is 14.3 Å². The molecule has 0 atom stereocenters. The molecule has 96 valence electrons. The van der Waals surface area contributed by atoms with E-state index in [0.29, 0.717) is 5.56 Å². The molecule has 0 aromatic heterocycles. The van der Waals surface area contributed by atoms with Crippen LogP contribution in [0.15, 0.2) is 48.5 Å². The number of carbonyl (C=O) groups is 1. The molecule has 0 radical (unpaired) electrons. The largest absolute Gasteiger partial charge is 0.506 e. The Labute approximate surface area is 114 Å². The molecule has 0 amide bonds. The zero-order chi connectivity index (χ0) is 13.8. The van der Waals surface area contributed by atoms with Crippen LogP contribution in [0.4, 0.5) is 4.39 Å². The Morgan fingerprint density at radius 3 is 2.53 bits per heavy atom. The van der Waals surface area contributed by atoms with Crippen LogP contribution in [0.25, 0.3) is 6.08 Å². The Morgan fingerprint density at radius 2 is 1.84 bits per heavy atom. The van der Waals surface area contributed by atoms with E-state index in [1.165, 1.54) is 30.3 Å². The molecule has 2 nitrogen and oxygen atoms in total. The van der Waals surface area contributed by atoms with Crippen molar-refractivity contribution in [3.63, 3.8) is 0 Å². The van der Waals surface area contributed by atoms with E-state index in [2.05, 4.69) is 0 Å². The summed E-state index contributed by atoms with van der Waals surface area (Å²) in [4.78, 5) is 11.9. The molecular weight excluding hydrogens is 267 g/mol. The topological polar surface area (TPSA) is 37.3 Å². The minimum Gasteiger partial charge on any atom is -0.506 e. The number of rotatable bonds is 3. The van der Waals surface area contributed by atoms with Crippen LogP contribution >= 0.6 is 11.6 Å². The third-order valence-corrected chi connectivity index (χ3v) is 2.85. The highest BCUT2D eigenvalue weighted by atomic mass is 35.5. The van der Waals surface area contributed by atoms with Crippen molar-refractivity contribution < 1.29 is 14.3 Å². The van der Waals surface area contributed by atoms with E-state index in [1.807, 2.05) is 0 Å². The number of phenols is 1. The summed E-state index contributed by atoms with van der Waals surface area (Å²) in [6.45, 7) is 0. The molecule has 0 spiro atoms. The lowest BCUT2D eigenvalue weighted by Crippen LogP contribution is -1.94. The molecule has 2 aromatic rings. The van der Waals surface area contributed by atoms with Gasteiger partial charge in [-0.3, -0.25) is 4.79 Å². The average Bonchev–Trinajstić information content (AvgIpc) is 2.41. The molecule has 0 saturated carbocycles. The minimum absolute atomic E-state index is 0.126. The van der Waals surface area contributed by atoms with Gasteiger partial charge in [0, 0.05) is 0 Å². The van der Waals surface area contributed by atoms with Crippen LogP contribution in [0.5, 0.6) is 5.75 Å². The molecular formula is C15H10ClFO2. The first-order valence-corrected chi connectivity index (χ1v) is 5.91. The van der Waals surface area contributed by atoms with Crippen LogP contribution in [0, 0.1) is 5.82 Å². The summed E-state index contributed by atoms with van der Waals surface area (Å²) in [5.74, 6) is -0.946. The van der Waals surface area contributed by atoms with Gasteiger partial charge in [0.1, 0.15) is 11.6 Å². The molecule has 2 aromatic carbocycles. The Hall–Kier alpha value is -2.13. The number of allylic oxidation sites excluding steroid dienone is 1. The van der Waals surface area contributed by atoms with Crippen LogP contribution in [0.3, 0.4) is 0 Å². The number of ketones is 1. The summed E-state index contributed by atoms with van der Waals surface area (Å²) < 4.78 is 12.7. The number of aromatic hydroxyl groups is 1. The zero-order valence-electron chi connectivity index (χ0n) is 9.81. The lowest BCUT2D eigenvalue weighted by atomic mass is 10.1. The highest BCUT2D eigenvalue weighted by molar-refractivity contribution is 6.32. The second kappa shape index (κ2) is 5.67. The van der Waals surface area contributed by atoms with Gasteiger partial charge in [-0.1, -0.05) is 35.9 Å². The maximum absolute atomic E-state index is 12.7. The zero-order valence-corrected chi connectivity index (χ0v) is 10.6. The van der Waals surface area contributed by atoms with Crippen molar-refractivity contribution in [2.24, 2.45) is 0 Å². The first kappa shape index (κ1) is 13.3. The molecule has 0 aliphatic rings. The molecule has 0 aliphatic heterocycles. The predicted octanol–water partition coefficient (Wildman–Crippen LogP) is 4.08. The van der Waals surface area contributed by atoms with Gasteiger partial charge in [0.25, 0.3) is 0 Å². The molecule has 0 heterocycles. The van der Waals surface area contributed by atoms with Gasteiger partial charge in [-0.25, -0.2) is 4.39 Å². The Morgan fingerprint density at radius 1 is 1.16 bits per heavy atom. The lowest BCUT2D eigenvalue weighted by molar-refractivity contribution is 0.104. The fourth-order valence-corrected chi connectivity index (χ4v) is 1.72. The second-order valence-electron chi connectivity index (χ2n) is 3.89. The van der Waals surface area contributed by atoms with E-state index < -0.39 is 0 Å². The lowest BCUT2D eigenvalue weighted by Gasteiger charge is -2.01. The molecule has 1 N–H and O–H groups in total. The van der Waals surface area contributed by atoms with Crippen LogP contribution in [0.1, 0.15) is 15.9 Å². The number of hydrogen-bond donors (Lipinski definition) is 1. The Kier molecular flexibility index (Phi) is 3.97. The van der Waals surface area contributed by atoms with Gasteiger partial charge >= 0.3 is 0 Å². The molecule has 0 fully saturated rings. The van der Waals surface area contributed by atoms with Crippen LogP contribution in [0.2, 0.25) is 5.02 Å². The maximum Gasteiger partial charge on any atom is 0.189 e. The number of benzene rings is 2. The number of halogens is 2. The Bertz CT molecular complexity index is 633. The second-order valence-corrected chi connectivity index (χ2v) is 4.29. The normalized spacial score (nSPS) is 10.8. The van der Waals surface area contributed by atoms with Gasteiger partial charge in [-0.05, 0) is 35.9 Å². The van der Waals surface area contributed by atoms with E-state index in [4.69, 9.17) is 11.6 Å². The average molecular weight is 277 g/mol. The van der Waals surface area contributed by atoms with Crippen molar-refractivity contribution in [1.29, 1.82) is 0 Å². The van der Waals surface area contributed by atoms with Gasteiger partial charge in [0.05, 0.1) is 10.6 Å². The van der Waals surface area contributed by atoms with Gasteiger partial charge in [-0.2, -0.15) is 0 Å². The molecule has 0 bridgehead atoms. The summed E-state index contributed by atoms with van der Waals surface area (Å²) in [6.07, 6.45) is 2.85. The monoisotopic (exact) mass is 276 g/mol. The molecule has 0 saturated heterocycles. The van der Waals surface area contributed by atoms with Crippen molar-refractivity contribution in [2.75, 3.05) is 0 Å². The van der Waals surface area contributed by atoms with E-state index in [-0.39, 0.29) is 27.9 Å². The summed E-state index contributed by atoms with van der Waals surface area (Å²) in [5, 5.41) is 9.79. The quantitative estimate of drug-likeness (QED) is 0.677. The van der Waals surface area contributed by atoms with Gasteiger partial charge in [-0.15, -0.1) is 0 Å². The SMILES string of the molecule is O=C(C=Cc1ccc(F)cc1)c1cccc(Cl)c1O. The smallest absolute Gasteiger partial charge is 0.189 e. The molecule has 2 rings (SSSR count). The number of carbonyl (C=O) groups excluding carboxylic acids is 1. The fourth-order valence-electron chi connectivity index (χ4n) is 1.55.